The second-order valence-electron chi connectivity index (χ2n) is 5.90. The molecule has 1 aliphatic rings. The summed E-state index contributed by atoms with van der Waals surface area (Å²) in [6.45, 7) is 2.20. The van der Waals surface area contributed by atoms with E-state index >= 15 is 0 Å². The zero-order valence-electron chi connectivity index (χ0n) is 14.0. The molecule has 0 spiro atoms. The highest BCUT2D eigenvalue weighted by molar-refractivity contribution is 5.80. The van der Waals surface area contributed by atoms with Crippen molar-refractivity contribution in [2.45, 2.75) is 6.42 Å². The van der Waals surface area contributed by atoms with Crippen molar-refractivity contribution in [3.05, 3.63) is 60.4 Å². The first-order chi connectivity index (χ1) is 12.2. The summed E-state index contributed by atoms with van der Waals surface area (Å²) in [5.41, 5.74) is 0.905. The molecule has 3 rings (SSSR count). The molecule has 0 bridgehead atoms. The van der Waals surface area contributed by atoms with E-state index in [1.165, 1.54) is 0 Å². The van der Waals surface area contributed by atoms with E-state index in [0.717, 1.165) is 5.56 Å². The van der Waals surface area contributed by atoms with Crippen LogP contribution in [0.5, 0.6) is 5.75 Å². The van der Waals surface area contributed by atoms with E-state index in [4.69, 9.17) is 4.74 Å². The Morgan fingerprint density at radius 1 is 0.920 bits per heavy atom. The zero-order valence-corrected chi connectivity index (χ0v) is 14.0. The Bertz CT molecular complexity index is 698. The third kappa shape index (κ3) is 4.79. The maximum atomic E-state index is 12.3. The Labute approximate surface area is 147 Å². The first kappa shape index (κ1) is 17.0. The van der Waals surface area contributed by atoms with E-state index in [-0.39, 0.29) is 18.4 Å². The minimum Gasteiger partial charge on any atom is -0.484 e. The van der Waals surface area contributed by atoms with Gasteiger partial charge >= 0.3 is 0 Å². The molecule has 130 valence electrons. The van der Waals surface area contributed by atoms with Gasteiger partial charge in [0.1, 0.15) is 5.75 Å². The Kier molecular flexibility index (Phi) is 5.61. The molecule has 2 aromatic rings. The molecule has 2 heterocycles. The molecule has 0 atom stereocenters. The van der Waals surface area contributed by atoms with Crippen LogP contribution in [0.1, 0.15) is 5.56 Å². The van der Waals surface area contributed by atoms with Gasteiger partial charge in [-0.05, 0) is 23.8 Å². The molecule has 1 aromatic carbocycles. The summed E-state index contributed by atoms with van der Waals surface area (Å²) < 4.78 is 5.50. The number of hydrogen-bond acceptors (Lipinski definition) is 4. The van der Waals surface area contributed by atoms with Crippen molar-refractivity contribution < 1.29 is 14.3 Å². The lowest BCUT2D eigenvalue weighted by Gasteiger charge is -2.34. The highest BCUT2D eigenvalue weighted by Crippen LogP contribution is 2.10. The van der Waals surface area contributed by atoms with Gasteiger partial charge in [0.25, 0.3) is 5.91 Å². The smallest absolute Gasteiger partial charge is 0.260 e. The number of nitrogens with zero attached hydrogens (tertiary/aromatic N) is 3. The lowest BCUT2D eigenvalue weighted by molar-refractivity contribution is -0.140. The molecule has 0 radical (unpaired) electrons. The van der Waals surface area contributed by atoms with E-state index in [1.54, 1.807) is 22.2 Å². The second-order valence-corrected chi connectivity index (χ2v) is 5.90. The van der Waals surface area contributed by atoms with Crippen LogP contribution in [0.3, 0.4) is 0 Å². The normalized spacial score (nSPS) is 14.2. The topological polar surface area (TPSA) is 62.7 Å². The number of hydrogen-bond donors (Lipinski definition) is 0. The van der Waals surface area contributed by atoms with Gasteiger partial charge in [-0.3, -0.25) is 14.6 Å². The average Bonchev–Trinajstić information content (AvgIpc) is 2.68. The molecule has 0 saturated carbocycles. The van der Waals surface area contributed by atoms with Crippen LogP contribution in [0.2, 0.25) is 0 Å². The summed E-state index contributed by atoms with van der Waals surface area (Å²) in [6, 6.07) is 13.0. The molecule has 25 heavy (non-hydrogen) atoms. The lowest BCUT2D eigenvalue weighted by Crippen LogP contribution is -2.52. The molecular formula is C19H21N3O3. The van der Waals surface area contributed by atoms with Gasteiger partial charge in [-0.1, -0.05) is 24.3 Å². The Balaban J connectivity index is 1.43. The summed E-state index contributed by atoms with van der Waals surface area (Å²) in [6.07, 6.45) is 3.74. The predicted octanol–water partition coefficient (Wildman–Crippen LogP) is 1.37. The average molecular weight is 339 g/mol. The van der Waals surface area contributed by atoms with Gasteiger partial charge in [0.2, 0.25) is 5.91 Å². The minimum absolute atomic E-state index is 0.0215. The van der Waals surface area contributed by atoms with Gasteiger partial charge in [0, 0.05) is 38.6 Å². The van der Waals surface area contributed by atoms with Crippen LogP contribution in [-0.2, 0) is 16.0 Å². The Morgan fingerprint density at radius 2 is 1.60 bits per heavy atom. The van der Waals surface area contributed by atoms with Crippen LogP contribution >= 0.6 is 0 Å². The van der Waals surface area contributed by atoms with E-state index < -0.39 is 0 Å². The molecule has 0 N–H and O–H groups in total. The number of piperazine rings is 1. The molecule has 0 aliphatic carbocycles. The largest absolute Gasteiger partial charge is 0.484 e. The number of rotatable bonds is 5. The van der Waals surface area contributed by atoms with Crippen molar-refractivity contribution >= 4 is 11.8 Å². The minimum atomic E-state index is -0.0526. The highest BCUT2D eigenvalue weighted by Gasteiger charge is 2.24. The van der Waals surface area contributed by atoms with E-state index in [2.05, 4.69) is 4.98 Å². The number of carbonyl (C=O) groups is 2. The molecule has 1 aliphatic heterocycles. The van der Waals surface area contributed by atoms with Crippen LogP contribution < -0.4 is 4.74 Å². The van der Waals surface area contributed by atoms with Crippen LogP contribution in [0.15, 0.2) is 54.9 Å². The number of aromatic nitrogens is 1. The third-order valence-corrected chi connectivity index (χ3v) is 4.17. The molecule has 0 unspecified atom stereocenters. The summed E-state index contributed by atoms with van der Waals surface area (Å²) in [5, 5.41) is 0. The van der Waals surface area contributed by atoms with Gasteiger partial charge in [0.15, 0.2) is 6.61 Å². The predicted molar refractivity (Wildman–Crippen MR) is 93.0 cm³/mol. The lowest BCUT2D eigenvalue weighted by atomic mass is 10.2. The fraction of sp³-hybridized carbons (Fsp3) is 0.316. The second kappa shape index (κ2) is 8.28. The Morgan fingerprint density at radius 3 is 2.24 bits per heavy atom. The summed E-state index contributed by atoms with van der Waals surface area (Å²) in [5.74, 6) is 0.699. The van der Waals surface area contributed by atoms with Crippen LogP contribution in [0.25, 0.3) is 0 Å². The van der Waals surface area contributed by atoms with Crippen molar-refractivity contribution in [1.82, 2.24) is 14.8 Å². The number of ether oxygens (including phenoxy) is 1. The van der Waals surface area contributed by atoms with Gasteiger partial charge in [0.05, 0.1) is 6.42 Å². The fourth-order valence-electron chi connectivity index (χ4n) is 2.75. The first-order valence-electron chi connectivity index (χ1n) is 8.34. The Hall–Kier alpha value is -2.89. The summed E-state index contributed by atoms with van der Waals surface area (Å²) in [4.78, 5) is 32.1. The standard InChI is InChI=1S/C19H21N3O3/c23-18(13-16-5-4-8-20-14-16)21-9-11-22(12-10-21)19(24)15-25-17-6-2-1-3-7-17/h1-8,14H,9-13,15H2. The maximum Gasteiger partial charge on any atom is 0.260 e. The van der Waals surface area contributed by atoms with Gasteiger partial charge in [-0.2, -0.15) is 0 Å². The van der Waals surface area contributed by atoms with Crippen molar-refractivity contribution in [2.24, 2.45) is 0 Å². The van der Waals surface area contributed by atoms with Crippen LogP contribution in [0, 0.1) is 0 Å². The van der Waals surface area contributed by atoms with Crippen molar-refractivity contribution in [2.75, 3.05) is 32.8 Å². The highest BCUT2D eigenvalue weighted by atomic mass is 16.5. The van der Waals surface area contributed by atoms with Gasteiger partial charge in [-0.15, -0.1) is 0 Å². The maximum absolute atomic E-state index is 12.3. The number of para-hydroxylation sites is 1. The van der Waals surface area contributed by atoms with E-state index in [0.29, 0.717) is 38.3 Å². The third-order valence-electron chi connectivity index (χ3n) is 4.17. The number of amides is 2. The van der Waals surface area contributed by atoms with Gasteiger partial charge in [-0.25, -0.2) is 0 Å². The number of carbonyl (C=O) groups excluding carboxylic acids is 2. The molecule has 1 aromatic heterocycles. The molecule has 6 heteroatoms. The van der Waals surface area contributed by atoms with Crippen LogP contribution in [-0.4, -0.2) is 59.4 Å². The summed E-state index contributed by atoms with van der Waals surface area (Å²) >= 11 is 0. The number of benzene rings is 1. The van der Waals surface area contributed by atoms with E-state index in [1.807, 2.05) is 42.5 Å². The van der Waals surface area contributed by atoms with Crippen molar-refractivity contribution in [1.29, 1.82) is 0 Å². The molecular weight excluding hydrogens is 318 g/mol. The molecule has 2 amide bonds. The fourth-order valence-corrected chi connectivity index (χ4v) is 2.75. The van der Waals surface area contributed by atoms with E-state index in [9.17, 15) is 9.59 Å². The first-order valence-corrected chi connectivity index (χ1v) is 8.34. The van der Waals surface area contributed by atoms with Crippen molar-refractivity contribution in [3.63, 3.8) is 0 Å². The van der Waals surface area contributed by atoms with Crippen molar-refractivity contribution in [3.8, 4) is 5.75 Å². The quantitative estimate of drug-likeness (QED) is 0.825. The molecule has 1 saturated heterocycles. The zero-order chi connectivity index (χ0) is 17.5. The van der Waals surface area contributed by atoms with Gasteiger partial charge < -0.3 is 14.5 Å². The SMILES string of the molecule is O=C(COc1ccccc1)N1CCN(C(=O)Cc2cccnc2)CC1. The number of pyridine rings is 1. The monoisotopic (exact) mass is 339 g/mol. The molecule has 6 nitrogen and oxygen atoms in total. The molecule has 1 fully saturated rings. The van der Waals surface area contributed by atoms with Crippen LogP contribution in [0.4, 0.5) is 0 Å². The summed E-state index contributed by atoms with van der Waals surface area (Å²) in [7, 11) is 0.